The van der Waals surface area contributed by atoms with Crippen LogP contribution in [0.2, 0.25) is 0 Å². The predicted octanol–water partition coefficient (Wildman–Crippen LogP) is 3.81. The van der Waals surface area contributed by atoms with Gasteiger partial charge in [-0.2, -0.15) is 13.2 Å². The summed E-state index contributed by atoms with van der Waals surface area (Å²) in [5.41, 5.74) is 1.16. The molecule has 6 nitrogen and oxygen atoms in total. The van der Waals surface area contributed by atoms with Crippen LogP contribution in [0.3, 0.4) is 0 Å². The lowest BCUT2D eigenvalue weighted by molar-refractivity contribution is -0.140. The summed E-state index contributed by atoms with van der Waals surface area (Å²) in [6.07, 6.45) is -2.61. The lowest BCUT2D eigenvalue weighted by Crippen LogP contribution is -2.40. The molecule has 0 spiro atoms. The molecular weight excluding hydrogens is 530 g/mol. The highest BCUT2D eigenvalue weighted by molar-refractivity contribution is 14.0. The zero-order valence-corrected chi connectivity index (χ0v) is 19.5. The van der Waals surface area contributed by atoms with E-state index in [2.05, 4.69) is 20.6 Å². The van der Waals surface area contributed by atoms with Crippen molar-refractivity contribution in [1.82, 2.24) is 15.6 Å². The lowest BCUT2D eigenvalue weighted by Gasteiger charge is -2.29. The molecule has 1 aromatic heterocycles. The summed E-state index contributed by atoms with van der Waals surface area (Å²) in [5, 5.41) is 7.19. The minimum absolute atomic E-state index is 0. The van der Waals surface area contributed by atoms with E-state index in [1.54, 1.807) is 4.90 Å². The van der Waals surface area contributed by atoms with Gasteiger partial charge < -0.3 is 15.5 Å². The van der Waals surface area contributed by atoms with Gasteiger partial charge in [-0.3, -0.25) is 4.79 Å². The summed E-state index contributed by atoms with van der Waals surface area (Å²) in [5.74, 6) is 0.234. The van der Waals surface area contributed by atoms with E-state index in [1.807, 2.05) is 31.2 Å². The molecule has 0 saturated carbocycles. The molecule has 2 heterocycles. The molecule has 3 rings (SSSR count). The van der Waals surface area contributed by atoms with Crippen LogP contribution in [0.15, 0.2) is 34.6 Å². The number of fused-ring (bicyclic) bond motifs is 1. The van der Waals surface area contributed by atoms with E-state index < -0.39 is 11.9 Å². The lowest BCUT2D eigenvalue weighted by atomic mass is 10.0. The van der Waals surface area contributed by atoms with Crippen molar-refractivity contribution in [2.24, 2.45) is 4.99 Å². The molecular formula is C19H23F3IN5OS. The topological polar surface area (TPSA) is 69.6 Å². The highest BCUT2D eigenvalue weighted by atomic mass is 127. The van der Waals surface area contributed by atoms with Crippen LogP contribution in [-0.2, 0) is 23.9 Å². The first-order valence-corrected chi connectivity index (χ1v) is 10.2. The number of thiazole rings is 1. The van der Waals surface area contributed by atoms with Gasteiger partial charge in [0.25, 0.3) is 0 Å². The monoisotopic (exact) mass is 553 g/mol. The molecule has 1 aliphatic rings. The summed E-state index contributed by atoms with van der Waals surface area (Å²) in [4.78, 5) is 22.3. The molecule has 1 amide bonds. The van der Waals surface area contributed by atoms with Crippen molar-refractivity contribution in [3.8, 4) is 0 Å². The van der Waals surface area contributed by atoms with Gasteiger partial charge in [-0.1, -0.05) is 18.2 Å². The minimum Gasteiger partial charge on any atom is -0.357 e. The fourth-order valence-electron chi connectivity index (χ4n) is 3.05. The van der Waals surface area contributed by atoms with E-state index in [-0.39, 0.29) is 43.0 Å². The second-order valence-corrected chi connectivity index (χ2v) is 7.39. The number of nitrogens with zero attached hydrogens (tertiary/aromatic N) is 3. The maximum atomic E-state index is 12.7. The van der Waals surface area contributed by atoms with Gasteiger partial charge in [-0.15, -0.1) is 35.3 Å². The number of aromatic nitrogens is 1. The van der Waals surface area contributed by atoms with Crippen LogP contribution in [0.5, 0.6) is 0 Å². The van der Waals surface area contributed by atoms with Crippen molar-refractivity contribution in [3.05, 3.63) is 45.9 Å². The third-order valence-corrected chi connectivity index (χ3v) is 5.23. The van der Waals surface area contributed by atoms with Gasteiger partial charge >= 0.3 is 6.18 Å². The smallest absolute Gasteiger partial charge is 0.357 e. The highest BCUT2D eigenvalue weighted by Gasteiger charge is 2.33. The van der Waals surface area contributed by atoms with Crippen LogP contribution >= 0.6 is 35.3 Å². The number of aliphatic imine (C=N–C) groups is 1. The molecule has 2 aromatic rings. The van der Waals surface area contributed by atoms with Crippen molar-refractivity contribution in [2.45, 2.75) is 32.5 Å². The highest BCUT2D eigenvalue weighted by Crippen LogP contribution is 2.30. The first-order chi connectivity index (χ1) is 13.9. The van der Waals surface area contributed by atoms with Crippen LogP contribution in [0.25, 0.3) is 0 Å². The molecule has 0 aliphatic carbocycles. The molecule has 0 unspecified atom stereocenters. The molecule has 30 heavy (non-hydrogen) atoms. The number of amides is 1. The maximum absolute atomic E-state index is 12.7. The average molecular weight is 553 g/mol. The third-order valence-electron chi connectivity index (χ3n) is 4.38. The number of halogens is 4. The van der Waals surface area contributed by atoms with Gasteiger partial charge in [0, 0.05) is 24.2 Å². The Bertz CT molecular complexity index is 887. The van der Waals surface area contributed by atoms with Crippen LogP contribution < -0.4 is 15.5 Å². The Hall–Kier alpha value is -1.89. The zero-order chi connectivity index (χ0) is 20.9. The van der Waals surface area contributed by atoms with Crippen LogP contribution in [0, 0.1) is 0 Å². The number of hydrogen-bond donors (Lipinski definition) is 2. The standard InChI is InChI=1S/C19H22F3N5OS.HI/c1-2-23-18(24-10-16-26-15(12-29-16)19(20,21)22)25-11-17(28)27-9-5-7-13-6-3-4-8-14(13)27;/h3-4,6,8,12H,2,5,7,9-11H2,1H3,(H2,23,24,25);1H. The molecule has 2 N–H and O–H groups in total. The fraction of sp³-hybridized carbons (Fsp3) is 0.421. The summed E-state index contributed by atoms with van der Waals surface area (Å²) < 4.78 is 38.0. The number of anilines is 1. The van der Waals surface area contributed by atoms with Crippen molar-refractivity contribution in [3.63, 3.8) is 0 Å². The quantitative estimate of drug-likeness (QED) is 0.336. The molecule has 1 aromatic carbocycles. The molecule has 1 aliphatic heterocycles. The van der Waals surface area contributed by atoms with Crippen molar-refractivity contribution >= 4 is 52.9 Å². The maximum Gasteiger partial charge on any atom is 0.434 e. The molecule has 0 saturated heterocycles. The predicted molar refractivity (Wildman–Crippen MR) is 122 cm³/mol. The number of aryl methyl sites for hydroxylation is 1. The van der Waals surface area contributed by atoms with Gasteiger partial charge in [0.15, 0.2) is 11.7 Å². The number of nitrogens with one attached hydrogen (secondary N) is 2. The Morgan fingerprint density at radius 1 is 1.30 bits per heavy atom. The van der Waals surface area contributed by atoms with Gasteiger partial charge in [0.05, 0.1) is 6.54 Å². The Morgan fingerprint density at radius 2 is 2.07 bits per heavy atom. The van der Waals surface area contributed by atoms with Crippen LogP contribution in [0.4, 0.5) is 18.9 Å². The number of carbonyl (C=O) groups excluding carboxylic acids is 1. The van der Waals surface area contributed by atoms with E-state index in [4.69, 9.17) is 0 Å². The summed E-state index contributed by atoms with van der Waals surface area (Å²) in [7, 11) is 0. The molecule has 0 bridgehead atoms. The third kappa shape index (κ3) is 6.30. The molecule has 164 valence electrons. The molecule has 0 atom stereocenters. The van der Waals surface area contributed by atoms with E-state index in [1.165, 1.54) is 0 Å². The molecule has 11 heteroatoms. The first kappa shape index (κ1) is 24.4. The fourth-order valence-corrected chi connectivity index (χ4v) is 3.79. The zero-order valence-electron chi connectivity index (χ0n) is 16.3. The van der Waals surface area contributed by atoms with Gasteiger partial charge in [0.1, 0.15) is 11.6 Å². The number of para-hydroxylation sites is 1. The van der Waals surface area contributed by atoms with Crippen molar-refractivity contribution in [2.75, 3.05) is 24.5 Å². The Kier molecular flexibility index (Phi) is 8.89. The first-order valence-electron chi connectivity index (χ1n) is 9.30. The van der Waals surface area contributed by atoms with E-state index in [0.29, 0.717) is 24.1 Å². The number of benzene rings is 1. The van der Waals surface area contributed by atoms with Gasteiger partial charge in [-0.25, -0.2) is 9.98 Å². The van der Waals surface area contributed by atoms with Gasteiger partial charge in [-0.05, 0) is 31.4 Å². The largest absolute Gasteiger partial charge is 0.434 e. The summed E-state index contributed by atoms with van der Waals surface area (Å²) in [6, 6.07) is 7.82. The Balaban J connectivity index is 0.00000320. The van der Waals surface area contributed by atoms with Crippen LogP contribution in [0.1, 0.15) is 29.6 Å². The number of alkyl halides is 3. The van der Waals surface area contributed by atoms with E-state index in [9.17, 15) is 18.0 Å². The number of carbonyl (C=O) groups is 1. The molecule has 0 fully saturated rings. The van der Waals surface area contributed by atoms with E-state index in [0.717, 1.165) is 40.8 Å². The second kappa shape index (κ2) is 10.9. The van der Waals surface area contributed by atoms with Crippen molar-refractivity contribution in [1.29, 1.82) is 0 Å². The Labute approximate surface area is 194 Å². The summed E-state index contributed by atoms with van der Waals surface area (Å²) >= 11 is 0.924. The SMILES string of the molecule is CCNC(=NCC(=O)N1CCCc2ccccc21)NCc1nc(C(F)(F)F)cs1.I. The van der Waals surface area contributed by atoms with Crippen LogP contribution in [-0.4, -0.2) is 36.5 Å². The number of guanidine groups is 1. The average Bonchev–Trinajstić information content (AvgIpc) is 3.19. The second-order valence-electron chi connectivity index (χ2n) is 6.45. The Morgan fingerprint density at radius 3 is 2.77 bits per heavy atom. The molecule has 0 radical (unpaired) electrons. The minimum atomic E-state index is -4.45. The normalized spacial score (nSPS) is 14.0. The van der Waals surface area contributed by atoms with Crippen molar-refractivity contribution < 1.29 is 18.0 Å². The summed E-state index contributed by atoms with van der Waals surface area (Å²) in [6.45, 7) is 3.10. The van der Waals surface area contributed by atoms with E-state index >= 15 is 0 Å². The number of rotatable bonds is 5. The van der Waals surface area contributed by atoms with Gasteiger partial charge in [0.2, 0.25) is 5.91 Å². The number of hydrogen-bond acceptors (Lipinski definition) is 4.